The van der Waals surface area contributed by atoms with E-state index in [1.165, 1.54) is 12.8 Å². The van der Waals surface area contributed by atoms with E-state index in [-0.39, 0.29) is 11.8 Å². The number of nitrogens with zero attached hydrogens (tertiary/aromatic N) is 1. The zero-order chi connectivity index (χ0) is 14.4. The smallest absolute Gasteiger partial charge is 0.253 e. The van der Waals surface area contributed by atoms with Gasteiger partial charge in [-0.15, -0.1) is 0 Å². The van der Waals surface area contributed by atoms with Gasteiger partial charge in [-0.1, -0.05) is 0 Å². The maximum Gasteiger partial charge on any atom is 0.253 e. The largest absolute Gasteiger partial charge is 0.337 e. The van der Waals surface area contributed by atoms with Gasteiger partial charge in [-0.25, -0.2) is 0 Å². The number of piperidine rings is 1. The Hall–Kier alpha value is -1.88. The van der Waals surface area contributed by atoms with Crippen LogP contribution in [-0.4, -0.2) is 42.4 Å². The molecule has 0 saturated carbocycles. The van der Waals surface area contributed by atoms with Gasteiger partial charge in [-0.3, -0.25) is 9.59 Å². The van der Waals surface area contributed by atoms with Crippen molar-refractivity contribution in [1.82, 2.24) is 10.2 Å². The van der Waals surface area contributed by atoms with Crippen molar-refractivity contribution in [2.75, 3.05) is 25.0 Å². The summed E-state index contributed by atoms with van der Waals surface area (Å²) in [6.45, 7) is 2.72. The second-order valence-electron chi connectivity index (χ2n) is 6.27. The van der Waals surface area contributed by atoms with Gasteiger partial charge in [0.2, 0.25) is 5.91 Å². The minimum absolute atomic E-state index is 0.00555. The fraction of sp³-hybridized carbons (Fsp3) is 0.500. The number of fused-ring (bicyclic) bond motifs is 2. The normalized spacial score (nSPS) is 27.2. The Morgan fingerprint density at radius 1 is 1.29 bits per heavy atom. The van der Waals surface area contributed by atoms with Gasteiger partial charge >= 0.3 is 0 Å². The summed E-state index contributed by atoms with van der Waals surface area (Å²) in [4.78, 5) is 26.0. The second-order valence-corrected chi connectivity index (χ2v) is 6.27. The summed E-state index contributed by atoms with van der Waals surface area (Å²) in [5, 5.41) is 6.32. The zero-order valence-electron chi connectivity index (χ0n) is 11.9. The van der Waals surface area contributed by atoms with Crippen LogP contribution >= 0.6 is 0 Å². The topological polar surface area (TPSA) is 61.4 Å². The highest BCUT2D eigenvalue weighted by Crippen LogP contribution is 2.28. The van der Waals surface area contributed by atoms with E-state index in [4.69, 9.17) is 0 Å². The van der Waals surface area contributed by atoms with Gasteiger partial charge in [0.05, 0.1) is 6.42 Å². The number of anilines is 1. The Balaban J connectivity index is 1.53. The summed E-state index contributed by atoms with van der Waals surface area (Å²) in [6.07, 6.45) is 2.79. The van der Waals surface area contributed by atoms with Gasteiger partial charge < -0.3 is 15.5 Å². The van der Waals surface area contributed by atoms with E-state index in [0.29, 0.717) is 23.9 Å². The van der Waals surface area contributed by atoms with Crippen LogP contribution in [0.2, 0.25) is 0 Å². The van der Waals surface area contributed by atoms with Gasteiger partial charge in [-0.2, -0.15) is 0 Å². The fourth-order valence-corrected chi connectivity index (χ4v) is 3.76. The van der Waals surface area contributed by atoms with E-state index in [2.05, 4.69) is 10.6 Å². The molecule has 0 aliphatic carbocycles. The quantitative estimate of drug-likeness (QED) is 0.809. The Bertz CT molecular complexity index is 600. The molecule has 1 aromatic carbocycles. The lowest BCUT2D eigenvalue weighted by atomic mass is 9.94. The molecule has 2 saturated heterocycles. The van der Waals surface area contributed by atoms with Crippen molar-refractivity contribution in [1.29, 1.82) is 0 Å². The molecule has 0 bridgehead atoms. The predicted molar refractivity (Wildman–Crippen MR) is 79.2 cm³/mol. The molecule has 0 aromatic heterocycles. The van der Waals surface area contributed by atoms with Gasteiger partial charge in [0.25, 0.3) is 5.91 Å². The molecule has 2 fully saturated rings. The molecule has 21 heavy (non-hydrogen) atoms. The van der Waals surface area contributed by atoms with Crippen molar-refractivity contribution >= 4 is 17.5 Å². The molecule has 1 aromatic rings. The number of benzene rings is 1. The minimum Gasteiger partial charge on any atom is -0.337 e. The third-order valence-corrected chi connectivity index (χ3v) is 4.86. The summed E-state index contributed by atoms with van der Waals surface area (Å²) in [5.41, 5.74) is 2.47. The third kappa shape index (κ3) is 2.21. The van der Waals surface area contributed by atoms with E-state index in [9.17, 15) is 9.59 Å². The maximum absolute atomic E-state index is 12.7. The second kappa shape index (κ2) is 4.84. The lowest BCUT2D eigenvalue weighted by Gasteiger charge is -2.24. The predicted octanol–water partition coefficient (Wildman–Crippen LogP) is 1.01. The Kier molecular flexibility index (Phi) is 2.96. The molecule has 0 spiro atoms. The lowest BCUT2D eigenvalue weighted by Crippen LogP contribution is -2.41. The van der Waals surface area contributed by atoms with Gasteiger partial charge in [0.1, 0.15) is 0 Å². The average Bonchev–Trinajstić information content (AvgIpc) is 3.07. The van der Waals surface area contributed by atoms with Crippen molar-refractivity contribution in [3.05, 3.63) is 29.3 Å². The van der Waals surface area contributed by atoms with Gasteiger partial charge in [0.15, 0.2) is 0 Å². The number of likely N-dealkylation sites (tertiary alicyclic amines) is 1. The van der Waals surface area contributed by atoms with Crippen LogP contribution in [0.3, 0.4) is 0 Å². The number of carbonyl (C=O) groups excluding carboxylic acids is 2. The highest BCUT2D eigenvalue weighted by Gasteiger charge is 2.36. The summed E-state index contributed by atoms with van der Waals surface area (Å²) < 4.78 is 0. The van der Waals surface area contributed by atoms with Crippen LogP contribution in [0.15, 0.2) is 18.2 Å². The van der Waals surface area contributed by atoms with Crippen molar-refractivity contribution < 1.29 is 9.59 Å². The van der Waals surface area contributed by atoms with Crippen LogP contribution in [-0.2, 0) is 11.2 Å². The maximum atomic E-state index is 12.7. The monoisotopic (exact) mass is 285 g/mol. The van der Waals surface area contributed by atoms with Crippen LogP contribution in [0.25, 0.3) is 0 Å². The number of nitrogens with one attached hydrogen (secondary N) is 2. The van der Waals surface area contributed by atoms with Gasteiger partial charge in [-0.05, 0) is 49.1 Å². The highest BCUT2D eigenvalue weighted by atomic mass is 16.2. The minimum atomic E-state index is 0.00555. The first-order valence-electron chi connectivity index (χ1n) is 7.66. The first-order chi connectivity index (χ1) is 10.2. The van der Waals surface area contributed by atoms with Crippen LogP contribution in [0, 0.1) is 5.92 Å². The van der Waals surface area contributed by atoms with Crippen molar-refractivity contribution in [2.24, 2.45) is 5.92 Å². The summed E-state index contributed by atoms with van der Waals surface area (Å²) in [5.74, 6) is 0.694. The molecule has 2 atom stereocenters. The molecule has 0 radical (unpaired) electrons. The molecule has 3 aliphatic rings. The number of hydrogen-bond acceptors (Lipinski definition) is 3. The molecular weight excluding hydrogens is 266 g/mol. The Morgan fingerprint density at radius 2 is 2.19 bits per heavy atom. The first-order valence-corrected chi connectivity index (χ1v) is 7.66. The Morgan fingerprint density at radius 3 is 3.05 bits per heavy atom. The van der Waals surface area contributed by atoms with E-state index in [0.717, 1.165) is 30.9 Å². The summed E-state index contributed by atoms with van der Waals surface area (Å²) >= 11 is 0. The zero-order valence-corrected chi connectivity index (χ0v) is 11.9. The third-order valence-electron chi connectivity index (χ3n) is 4.86. The summed E-state index contributed by atoms with van der Waals surface area (Å²) in [6, 6.07) is 5.99. The number of amides is 2. The first kappa shape index (κ1) is 12.8. The molecule has 3 heterocycles. The number of hydrogen-bond donors (Lipinski definition) is 2. The molecule has 2 N–H and O–H groups in total. The fourth-order valence-electron chi connectivity index (χ4n) is 3.76. The van der Waals surface area contributed by atoms with E-state index >= 15 is 0 Å². The molecule has 5 nitrogen and oxygen atoms in total. The average molecular weight is 285 g/mol. The van der Waals surface area contributed by atoms with Crippen molar-refractivity contribution in [2.45, 2.75) is 25.3 Å². The van der Waals surface area contributed by atoms with Crippen LogP contribution in [0.5, 0.6) is 0 Å². The molecule has 110 valence electrons. The molecule has 5 heteroatoms. The van der Waals surface area contributed by atoms with Crippen LogP contribution in [0.4, 0.5) is 5.69 Å². The number of rotatable bonds is 1. The van der Waals surface area contributed by atoms with Crippen molar-refractivity contribution in [3.63, 3.8) is 0 Å². The Labute approximate surface area is 123 Å². The lowest BCUT2D eigenvalue weighted by molar-refractivity contribution is -0.115. The van der Waals surface area contributed by atoms with Gasteiger partial charge in [0, 0.05) is 30.4 Å². The van der Waals surface area contributed by atoms with Crippen LogP contribution in [0.1, 0.15) is 28.8 Å². The molecular formula is C16H19N3O2. The molecule has 4 rings (SSSR count). The highest BCUT2D eigenvalue weighted by molar-refractivity contribution is 6.01. The van der Waals surface area contributed by atoms with E-state index in [1.54, 1.807) is 0 Å². The molecule has 2 amide bonds. The van der Waals surface area contributed by atoms with Crippen LogP contribution < -0.4 is 10.6 Å². The summed E-state index contributed by atoms with van der Waals surface area (Å²) in [7, 11) is 0. The molecule has 3 aliphatic heterocycles. The molecule has 0 unspecified atom stereocenters. The van der Waals surface area contributed by atoms with E-state index in [1.807, 2.05) is 23.1 Å². The standard InChI is InChI=1S/C16H19N3O2/c20-15-7-12-6-10(3-4-13(12)18-15)16(21)19-8-11-2-1-5-17-14(11)9-19/h3-4,6,11,14,17H,1-2,5,7-9H2,(H,18,20)/t11-,14+/m0/s1. The SMILES string of the molecule is O=C1Cc2cc(C(=O)N3C[C@@H]4CCCN[C@@H]4C3)ccc2N1. The van der Waals surface area contributed by atoms with E-state index < -0.39 is 0 Å². The number of carbonyl (C=O) groups is 2. The van der Waals surface area contributed by atoms with Crippen molar-refractivity contribution in [3.8, 4) is 0 Å².